The molecule has 2 aliphatic rings. The predicted molar refractivity (Wildman–Crippen MR) is 88.0 cm³/mol. The lowest BCUT2D eigenvalue weighted by atomic mass is 10.0. The van der Waals surface area contributed by atoms with Gasteiger partial charge in [0.15, 0.2) is 0 Å². The first-order valence-electron chi connectivity index (χ1n) is 7.74. The molecule has 3 atom stereocenters. The fourth-order valence-corrected chi connectivity index (χ4v) is 3.45. The fourth-order valence-electron chi connectivity index (χ4n) is 3.25. The maximum absolute atomic E-state index is 14.1. The van der Waals surface area contributed by atoms with Crippen LogP contribution in [-0.4, -0.2) is 23.7 Å². The normalized spacial score (nSPS) is 22.3. The molecule has 2 heterocycles. The molecule has 1 aromatic heterocycles. The molecule has 1 aliphatic heterocycles. The van der Waals surface area contributed by atoms with Crippen LogP contribution in [0.5, 0.6) is 5.75 Å². The van der Waals surface area contributed by atoms with Gasteiger partial charge in [-0.3, -0.25) is 5.32 Å². The van der Waals surface area contributed by atoms with Gasteiger partial charge in [0.1, 0.15) is 34.4 Å². The molecule has 26 heavy (non-hydrogen) atoms. The summed E-state index contributed by atoms with van der Waals surface area (Å²) in [5.74, 6) is -1.37. The molecule has 1 aliphatic carbocycles. The zero-order valence-electron chi connectivity index (χ0n) is 13.1. The molecule has 2 N–H and O–H groups in total. The van der Waals surface area contributed by atoms with Crippen LogP contribution in [0.15, 0.2) is 24.3 Å². The average Bonchev–Trinajstić information content (AvgIpc) is 3.27. The molecular weight excluding hydrogens is 366 g/mol. The minimum atomic E-state index is -0.702. The summed E-state index contributed by atoms with van der Waals surface area (Å²) in [5.41, 5.74) is 0.481. The zero-order chi connectivity index (χ0) is 18.4. The number of hydrogen-bond donors (Lipinski definition) is 2. The van der Waals surface area contributed by atoms with E-state index in [1.807, 2.05) is 6.07 Å². The van der Waals surface area contributed by atoms with Crippen molar-refractivity contribution in [3.8, 4) is 11.8 Å². The summed E-state index contributed by atoms with van der Waals surface area (Å²) < 4.78 is 32.8. The third-order valence-corrected chi connectivity index (χ3v) is 4.79. The van der Waals surface area contributed by atoms with Crippen molar-refractivity contribution in [2.75, 3.05) is 11.9 Å². The topological polar surface area (TPSA) is 87.0 Å². The van der Waals surface area contributed by atoms with Crippen LogP contribution < -0.4 is 15.4 Å². The Hall–Kier alpha value is -2.92. The first kappa shape index (κ1) is 16.5. The van der Waals surface area contributed by atoms with Crippen molar-refractivity contribution in [3.63, 3.8) is 0 Å². The Morgan fingerprint density at radius 2 is 2.19 bits per heavy atom. The molecule has 2 aromatic rings. The summed E-state index contributed by atoms with van der Waals surface area (Å²) in [5, 5.41) is 14.0. The Morgan fingerprint density at radius 1 is 1.38 bits per heavy atom. The molecule has 0 spiro atoms. The Labute approximate surface area is 151 Å². The van der Waals surface area contributed by atoms with Crippen molar-refractivity contribution in [2.24, 2.45) is 5.92 Å². The van der Waals surface area contributed by atoms with Crippen LogP contribution in [0, 0.1) is 28.9 Å². The van der Waals surface area contributed by atoms with E-state index in [1.165, 1.54) is 12.1 Å². The summed E-state index contributed by atoms with van der Waals surface area (Å²) in [6.45, 7) is 0.270. The second kappa shape index (κ2) is 6.11. The number of halogens is 3. The lowest BCUT2D eigenvalue weighted by Gasteiger charge is -2.16. The molecule has 1 fully saturated rings. The first-order chi connectivity index (χ1) is 12.5. The van der Waals surface area contributed by atoms with Crippen LogP contribution >= 0.6 is 11.6 Å². The fraction of sp³-hybridized carbons (Fsp3) is 0.235. The lowest BCUT2D eigenvalue weighted by molar-refractivity contribution is 0.249. The number of carbonyl (C=O) groups excluding carboxylic acids is 1. The number of nitrogens with one attached hydrogen (secondary N) is 2. The molecule has 9 heteroatoms. The second-order valence-electron chi connectivity index (χ2n) is 6.07. The van der Waals surface area contributed by atoms with Gasteiger partial charge in [-0.15, -0.1) is 0 Å². The Kier molecular flexibility index (Phi) is 3.89. The summed E-state index contributed by atoms with van der Waals surface area (Å²) in [7, 11) is 0. The van der Waals surface area contributed by atoms with Gasteiger partial charge in [-0.1, -0.05) is 11.6 Å². The van der Waals surface area contributed by atoms with Gasteiger partial charge >= 0.3 is 6.03 Å². The Morgan fingerprint density at radius 3 is 2.92 bits per heavy atom. The van der Waals surface area contributed by atoms with Gasteiger partial charge in [0.05, 0.1) is 12.2 Å². The van der Waals surface area contributed by atoms with Crippen molar-refractivity contribution in [2.45, 2.75) is 12.0 Å². The minimum Gasteiger partial charge on any atom is -0.493 e. The van der Waals surface area contributed by atoms with Gasteiger partial charge in [-0.2, -0.15) is 5.26 Å². The summed E-state index contributed by atoms with van der Waals surface area (Å²) >= 11 is 5.82. The van der Waals surface area contributed by atoms with E-state index in [0.29, 0.717) is 0 Å². The number of nitriles is 1. The highest BCUT2D eigenvalue weighted by molar-refractivity contribution is 6.30. The quantitative estimate of drug-likeness (QED) is 0.788. The van der Waals surface area contributed by atoms with Crippen LogP contribution in [0.3, 0.4) is 0 Å². The molecule has 3 unspecified atom stereocenters. The number of fused-ring (bicyclic) bond motifs is 3. The van der Waals surface area contributed by atoms with Crippen molar-refractivity contribution < 1.29 is 18.3 Å². The van der Waals surface area contributed by atoms with Crippen LogP contribution in [0.25, 0.3) is 0 Å². The van der Waals surface area contributed by atoms with Crippen LogP contribution in [0.1, 0.15) is 17.0 Å². The molecule has 132 valence electrons. The van der Waals surface area contributed by atoms with Crippen molar-refractivity contribution >= 4 is 23.4 Å². The van der Waals surface area contributed by atoms with E-state index < -0.39 is 17.7 Å². The molecule has 0 saturated heterocycles. The predicted octanol–water partition coefficient (Wildman–Crippen LogP) is 3.18. The first-order valence-corrected chi connectivity index (χ1v) is 8.11. The highest BCUT2D eigenvalue weighted by Gasteiger charge is 2.57. The van der Waals surface area contributed by atoms with Crippen LogP contribution in [0.4, 0.5) is 19.4 Å². The van der Waals surface area contributed by atoms with Crippen LogP contribution in [0.2, 0.25) is 5.15 Å². The van der Waals surface area contributed by atoms with Gasteiger partial charge in [-0.05, 0) is 12.1 Å². The summed E-state index contributed by atoms with van der Waals surface area (Å²) in [6, 6.07) is 5.85. The van der Waals surface area contributed by atoms with Crippen molar-refractivity contribution in [3.05, 3.63) is 52.2 Å². The van der Waals surface area contributed by atoms with Gasteiger partial charge in [-0.25, -0.2) is 18.6 Å². The molecular formula is C17H11ClF2N4O2. The van der Waals surface area contributed by atoms with E-state index in [1.54, 1.807) is 0 Å². The number of pyridine rings is 1. The third kappa shape index (κ3) is 2.80. The number of ether oxygens (including phenoxy) is 1. The van der Waals surface area contributed by atoms with Gasteiger partial charge in [0.25, 0.3) is 0 Å². The third-order valence-electron chi connectivity index (χ3n) is 4.50. The highest BCUT2D eigenvalue weighted by Crippen LogP contribution is 2.54. The van der Waals surface area contributed by atoms with Gasteiger partial charge in [0.2, 0.25) is 0 Å². The van der Waals surface area contributed by atoms with Crippen LogP contribution in [-0.2, 0) is 0 Å². The number of benzene rings is 1. The number of amides is 2. The van der Waals surface area contributed by atoms with E-state index in [-0.39, 0.29) is 52.3 Å². The van der Waals surface area contributed by atoms with Crippen molar-refractivity contribution in [1.82, 2.24) is 10.3 Å². The largest absolute Gasteiger partial charge is 0.493 e. The number of aromatic nitrogens is 1. The maximum Gasteiger partial charge on any atom is 0.320 e. The number of urea groups is 1. The molecule has 1 saturated carbocycles. The van der Waals surface area contributed by atoms with E-state index >= 15 is 0 Å². The molecule has 0 bridgehead atoms. The van der Waals surface area contributed by atoms with E-state index in [2.05, 4.69) is 15.6 Å². The average molecular weight is 377 g/mol. The van der Waals surface area contributed by atoms with Crippen molar-refractivity contribution in [1.29, 1.82) is 5.26 Å². The summed E-state index contributed by atoms with van der Waals surface area (Å²) in [4.78, 5) is 16.1. The monoisotopic (exact) mass is 376 g/mol. The minimum absolute atomic E-state index is 0.0168. The smallest absolute Gasteiger partial charge is 0.320 e. The lowest BCUT2D eigenvalue weighted by Crippen LogP contribution is -2.32. The Balaban J connectivity index is 1.45. The molecule has 4 rings (SSSR count). The molecule has 2 amide bonds. The highest BCUT2D eigenvalue weighted by atomic mass is 35.5. The standard InChI is InChI=1S/C17H11ClF2N4O2/c18-16-7(5-21)1-2-12(22-16)23-17(25)24-15-9-6-26-11-4-8(19)3-10(20)14(11)13(9)15/h1-4,9,13,15H,6H2,(H2,22,23,24,25). The number of anilines is 1. The van der Waals surface area contributed by atoms with E-state index in [0.717, 1.165) is 12.1 Å². The van der Waals surface area contributed by atoms with Gasteiger partial charge in [0, 0.05) is 35.6 Å². The van der Waals surface area contributed by atoms with E-state index in [4.69, 9.17) is 21.6 Å². The summed E-state index contributed by atoms with van der Waals surface area (Å²) in [6.07, 6.45) is 0. The maximum atomic E-state index is 14.1. The number of rotatable bonds is 2. The second-order valence-corrected chi connectivity index (χ2v) is 6.43. The molecule has 1 aromatic carbocycles. The number of carbonyl (C=O) groups is 1. The number of nitrogens with zero attached hydrogens (tertiary/aromatic N) is 2. The zero-order valence-corrected chi connectivity index (χ0v) is 13.8. The van der Waals surface area contributed by atoms with E-state index in [9.17, 15) is 13.6 Å². The van der Waals surface area contributed by atoms with Gasteiger partial charge < -0.3 is 10.1 Å². The molecule has 0 radical (unpaired) electrons. The Bertz CT molecular complexity index is 963. The molecule has 6 nitrogen and oxygen atoms in total. The number of hydrogen-bond acceptors (Lipinski definition) is 4. The SMILES string of the molecule is N#Cc1ccc(NC(=O)NC2C3COc4cc(F)cc(F)c4C32)nc1Cl.